The average Bonchev–Trinajstić information content (AvgIpc) is 2.93. The third-order valence-electron chi connectivity index (χ3n) is 5.77. The van der Waals surface area contributed by atoms with Crippen LogP contribution >= 0.6 is 0 Å². The second-order valence-corrected chi connectivity index (χ2v) is 8.34. The lowest BCUT2D eigenvalue weighted by molar-refractivity contribution is 0.0599. The molecule has 0 fully saturated rings. The number of aromatic hydroxyl groups is 1. The van der Waals surface area contributed by atoms with Gasteiger partial charge in [0.1, 0.15) is 11.5 Å². The number of aryl methyl sites for hydroxylation is 2. The average molecular weight is 515 g/mol. The van der Waals surface area contributed by atoms with Crippen LogP contribution in [0.3, 0.4) is 0 Å². The van der Waals surface area contributed by atoms with Crippen LogP contribution in [-0.2, 0) is 17.6 Å². The van der Waals surface area contributed by atoms with Crippen molar-refractivity contribution in [1.29, 1.82) is 0 Å². The van der Waals surface area contributed by atoms with Crippen LogP contribution in [0.4, 0.5) is 0 Å². The van der Waals surface area contributed by atoms with Crippen LogP contribution in [-0.4, -0.2) is 36.4 Å². The summed E-state index contributed by atoms with van der Waals surface area (Å²) in [5, 5.41) is 19.2. The first-order chi connectivity index (χ1) is 18.4. The highest BCUT2D eigenvalue weighted by atomic mass is 16.5. The Bertz CT molecular complexity index is 1440. The summed E-state index contributed by atoms with van der Waals surface area (Å²) < 4.78 is 22.0. The van der Waals surface area contributed by atoms with Crippen molar-refractivity contribution in [1.82, 2.24) is 0 Å². The molecule has 4 aromatic carbocycles. The Hall–Kier alpha value is -4.98. The van der Waals surface area contributed by atoms with Crippen LogP contribution in [0.25, 0.3) is 0 Å². The van der Waals surface area contributed by atoms with Crippen LogP contribution in [0.1, 0.15) is 31.8 Å². The van der Waals surface area contributed by atoms with Gasteiger partial charge in [-0.1, -0.05) is 18.2 Å². The third kappa shape index (κ3) is 6.41. The molecule has 0 atom stereocenters. The zero-order valence-electron chi connectivity index (χ0n) is 20.8. The number of rotatable bonds is 10. The molecule has 0 saturated heterocycles. The van der Waals surface area contributed by atoms with Gasteiger partial charge in [-0.2, -0.15) is 0 Å². The van der Waals surface area contributed by atoms with Crippen molar-refractivity contribution in [2.75, 3.05) is 14.2 Å². The number of phenolic OH excluding ortho intramolecular Hbond substituents is 1. The monoisotopic (exact) mass is 514 g/mol. The number of hydrogen-bond acceptors (Lipinski definition) is 7. The quantitative estimate of drug-likeness (QED) is 0.239. The van der Waals surface area contributed by atoms with Gasteiger partial charge in [0.2, 0.25) is 0 Å². The van der Waals surface area contributed by atoms with E-state index in [9.17, 15) is 14.7 Å². The molecule has 4 rings (SSSR count). The summed E-state index contributed by atoms with van der Waals surface area (Å²) >= 11 is 0. The molecule has 0 amide bonds. The highest BCUT2D eigenvalue weighted by Gasteiger charge is 2.12. The van der Waals surface area contributed by atoms with Gasteiger partial charge >= 0.3 is 11.9 Å². The van der Waals surface area contributed by atoms with Crippen molar-refractivity contribution in [3.63, 3.8) is 0 Å². The minimum atomic E-state index is -1.13. The summed E-state index contributed by atoms with van der Waals surface area (Å²) in [5.41, 5.74) is 2.45. The number of carbonyl (C=O) groups is 2. The van der Waals surface area contributed by atoms with E-state index in [1.165, 1.54) is 19.2 Å². The summed E-state index contributed by atoms with van der Waals surface area (Å²) in [6.45, 7) is 0. The molecule has 0 aliphatic heterocycles. The summed E-state index contributed by atoms with van der Waals surface area (Å²) in [6.07, 6.45) is 1.42. The fraction of sp³-hybridized carbons (Fsp3) is 0.133. The van der Waals surface area contributed by atoms with Gasteiger partial charge in [-0.05, 0) is 90.7 Å². The normalized spacial score (nSPS) is 10.5. The van der Waals surface area contributed by atoms with Crippen molar-refractivity contribution < 1.29 is 38.7 Å². The summed E-state index contributed by atoms with van der Waals surface area (Å²) in [7, 11) is 2.90. The van der Waals surface area contributed by atoms with Crippen LogP contribution in [0, 0.1) is 0 Å². The lowest BCUT2D eigenvalue weighted by atomic mass is 10.0. The van der Waals surface area contributed by atoms with Crippen LogP contribution < -0.4 is 14.2 Å². The van der Waals surface area contributed by atoms with Crippen LogP contribution in [0.15, 0.2) is 84.9 Å². The molecule has 0 unspecified atom stereocenters. The Kier molecular flexibility index (Phi) is 8.13. The SMILES string of the molecule is COC(=O)c1ccc(Oc2cc(CCc3cccc(Oc4ccc(C(=O)O)cc4O)c3)ccc2OC)cc1. The molecule has 8 nitrogen and oxygen atoms in total. The minimum absolute atomic E-state index is 0.0235. The van der Waals surface area contributed by atoms with Gasteiger partial charge in [-0.15, -0.1) is 0 Å². The molecule has 0 spiro atoms. The predicted molar refractivity (Wildman–Crippen MR) is 140 cm³/mol. The summed E-state index contributed by atoms with van der Waals surface area (Å²) in [4.78, 5) is 22.7. The zero-order valence-corrected chi connectivity index (χ0v) is 20.8. The number of esters is 1. The first-order valence-electron chi connectivity index (χ1n) is 11.7. The Morgan fingerprint density at radius 1 is 0.684 bits per heavy atom. The van der Waals surface area contributed by atoms with Crippen molar-refractivity contribution in [3.05, 3.63) is 107 Å². The fourth-order valence-electron chi connectivity index (χ4n) is 3.78. The molecule has 0 aromatic heterocycles. The van der Waals surface area contributed by atoms with E-state index < -0.39 is 11.9 Å². The maximum atomic E-state index is 11.7. The Balaban J connectivity index is 1.44. The number of methoxy groups -OCH3 is 2. The van der Waals surface area contributed by atoms with E-state index in [2.05, 4.69) is 0 Å². The van der Waals surface area contributed by atoms with Gasteiger partial charge in [0, 0.05) is 0 Å². The number of benzene rings is 4. The van der Waals surface area contributed by atoms with Crippen LogP contribution in [0.5, 0.6) is 34.5 Å². The molecule has 8 heteroatoms. The fourth-order valence-corrected chi connectivity index (χ4v) is 3.78. The molecule has 0 aliphatic rings. The molecule has 0 bridgehead atoms. The second kappa shape index (κ2) is 11.8. The summed E-state index contributed by atoms with van der Waals surface area (Å²) in [6, 6.07) is 23.8. The number of carboxylic acid groups (broad SMARTS) is 1. The second-order valence-electron chi connectivity index (χ2n) is 8.34. The van der Waals surface area contributed by atoms with E-state index in [0.717, 1.165) is 17.2 Å². The van der Waals surface area contributed by atoms with Crippen molar-refractivity contribution in [3.8, 4) is 34.5 Å². The van der Waals surface area contributed by atoms with Crippen molar-refractivity contribution in [2.45, 2.75) is 12.8 Å². The molecule has 2 N–H and O–H groups in total. The summed E-state index contributed by atoms with van der Waals surface area (Å²) in [5.74, 6) is 0.580. The lowest BCUT2D eigenvalue weighted by Gasteiger charge is -2.13. The van der Waals surface area contributed by atoms with E-state index in [1.54, 1.807) is 37.4 Å². The maximum absolute atomic E-state index is 11.7. The van der Waals surface area contributed by atoms with Gasteiger partial charge < -0.3 is 29.2 Å². The number of hydrogen-bond donors (Lipinski definition) is 2. The van der Waals surface area contributed by atoms with E-state index >= 15 is 0 Å². The standard InChI is InChI=1S/C30H26O8/c1-35-27-14-8-20(17-28(27)37-23-12-9-21(10-13-23)30(34)36-2)7-6-19-4-3-5-24(16-19)38-26-15-11-22(29(32)33)18-25(26)31/h3-5,8-18,31H,6-7H2,1-2H3,(H,32,33). The Labute approximate surface area is 219 Å². The van der Waals surface area contributed by atoms with Crippen LogP contribution in [0.2, 0.25) is 0 Å². The van der Waals surface area contributed by atoms with E-state index in [0.29, 0.717) is 41.4 Å². The molecule has 0 radical (unpaired) electrons. The molecular formula is C30H26O8. The first-order valence-corrected chi connectivity index (χ1v) is 11.7. The topological polar surface area (TPSA) is 112 Å². The first kappa shape index (κ1) is 26.1. The number of carbonyl (C=O) groups excluding carboxylic acids is 1. The highest BCUT2D eigenvalue weighted by molar-refractivity contribution is 5.89. The zero-order chi connectivity index (χ0) is 27.1. The van der Waals surface area contributed by atoms with Crippen molar-refractivity contribution in [2.24, 2.45) is 0 Å². The molecule has 4 aromatic rings. The third-order valence-corrected chi connectivity index (χ3v) is 5.77. The van der Waals surface area contributed by atoms with Gasteiger partial charge in [-0.25, -0.2) is 9.59 Å². The van der Waals surface area contributed by atoms with E-state index in [4.69, 9.17) is 24.1 Å². The molecule has 0 saturated carbocycles. The number of carboxylic acids is 1. The van der Waals surface area contributed by atoms with Gasteiger partial charge in [0.15, 0.2) is 23.0 Å². The predicted octanol–water partition coefficient (Wildman–Crippen LogP) is 6.26. The number of aromatic carboxylic acids is 1. The van der Waals surface area contributed by atoms with E-state index in [-0.39, 0.29) is 17.1 Å². The Morgan fingerprint density at radius 3 is 2.00 bits per heavy atom. The largest absolute Gasteiger partial charge is 0.504 e. The number of ether oxygens (including phenoxy) is 4. The molecule has 38 heavy (non-hydrogen) atoms. The highest BCUT2D eigenvalue weighted by Crippen LogP contribution is 2.34. The van der Waals surface area contributed by atoms with Gasteiger partial charge in [0.25, 0.3) is 0 Å². The lowest BCUT2D eigenvalue weighted by Crippen LogP contribution is -2.00. The maximum Gasteiger partial charge on any atom is 0.337 e. The van der Waals surface area contributed by atoms with Gasteiger partial charge in [0.05, 0.1) is 25.3 Å². The number of phenols is 1. The van der Waals surface area contributed by atoms with Crippen molar-refractivity contribution >= 4 is 11.9 Å². The molecule has 0 aliphatic carbocycles. The molecule has 194 valence electrons. The van der Waals surface area contributed by atoms with E-state index in [1.807, 2.05) is 36.4 Å². The minimum Gasteiger partial charge on any atom is -0.504 e. The smallest absolute Gasteiger partial charge is 0.337 e. The molecular weight excluding hydrogens is 488 g/mol. The Morgan fingerprint density at radius 2 is 1.34 bits per heavy atom. The molecule has 0 heterocycles. The van der Waals surface area contributed by atoms with Gasteiger partial charge in [-0.3, -0.25) is 0 Å².